The lowest BCUT2D eigenvalue weighted by atomic mass is 10.1. The van der Waals surface area contributed by atoms with Gasteiger partial charge < -0.3 is 0 Å². The van der Waals surface area contributed by atoms with Gasteiger partial charge in [0.15, 0.2) is 0 Å². The molecule has 0 nitrogen and oxygen atoms in total. The molecule has 0 aromatic carbocycles. The largest absolute Gasteiger partial charge is 0.0891 e. The Morgan fingerprint density at radius 3 is 1.86 bits per heavy atom. The summed E-state index contributed by atoms with van der Waals surface area (Å²) in [6.07, 6.45) is 1.27. The van der Waals surface area contributed by atoms with Crippen LogP contribution in [-0.4, -0.2) is 4.83 Å². The van der Waals surface area contributed by atoms with Gasteiger partial charge in [-0.2, -0.15) is 0 Å². The predicted octanol–water partition coefficient (Wildman–Crippen LogP) is 2.82. The highest BCUT2D eigenvalue weighted by atomic mass is 79.9. The molecule has 0 aromatic heterocycles. The van der Waals surface area contributed by atoms with Crippen LogP contribution in [0.25, 0.3) is 0 Å². The average Bonchev–Trinajstić information content (AvgIpc) is 1.65. The van der Waals surface area contributed by atoms with Crippen molar-refractivity contribution in [3.05, 3.63) is 0 Å². The van der Waals surface area contributed by atoms with E-state index in [-0.39, 0.29) is 0 Å². The smallest absolute Gasteiger partial charge is 0.0143 e. The van der Waals surface area contributed by atoms with E-state index < -0.39 is 0 Å². The van der Waals surface area contributed by atoms with E-state index in [1.807, 2.05) is 0 Å². The Kier molecular flexibility index (Phi) is 3.72. The summed E-state index contributed by atoms with van der Waals surface area (Å²) in [6.45, 7) is 6.65. The van der Waals surface area contributed by atoms with Gasteiger partial charge >= 0.3 is 0 Å². The summed E-state index contributed by atoms with van der Waals surface area (Å²) in [5.74, 6) is 0.819. The van der Waals surface area contributed by atoms with Crippen molar-refractivity contribution in [3.8, 4) is 0 Å². The van der Waals surface area contributed by atoms with Crippen LogP contribution in [0.5, 0.6) is 0 Å². The molecule has 0 saturated carbocycles. The van der Waals surface area contributed by atoms with Crippen molar-refractivity contribution < 1.29 is 0 Å². The molecule has 7 heavy (non-hydrogen) atoms. The molecular formula is C6H13Br. The summed E-state index contributed by atoms with van der Waals surface area (Å²) >= 11 is 3.50. The first kappa shape index (κ1) is 7.48. The quantitative estimate of drug-likeness (QED) is 0.552. The topological polar surface area (TPSA) is 0 Å². The van der Waals surface area contributed by atoms with Crippen molar-refractivity contribution in [2.45, 2.75) is 32.0 Å². The lowest BCUT2D eigenvalue weighted by Gasteiger charge is -2.08. The minimum atomic E-state index is 0.678. The Balaban J connectivity index is 3.14. The van der Waals surface area contributed by atoms with Gasteiger partial charge in [-0.05, 0) is 5.92 Å². The van der Waals surface area contributed by atoms with E-state index in [0.29, 0.717) is 4.83 Å². The molecule has 0 amide bonds. The molecule has 2 atom stereocenters. The van der Waals surface area contributed by atoms with Crippen LogP contribution in [0.1, 0.15) is 27.2 Å². The molecule has 0 saturated heterocycles. The molecule has 0 aliphatic heterocycles. The van der Waals surface area contributed by atoms with Gasteiger partial charge in [-0.15, -0.1) is 0 Å². The van der Waals surface area contributed by atoms with Crippen molar-refractivity contribution in [1.29, 1.82) is 0 Å². The predicted molar refractivity (Wildman–Crippen MR) is 37.8 cm³/mol. The third-order valence-electron chi connectivity index (χ3n) is 1.43. The second kappa shape index (κ2) is 3.48. The normalized spacial score (nSPS) is 18.9. The molecule has 0 aromatic rings. The summed E-state index contributed by atoms with van der Waals surface area (Å²) < 4.78 is 0. The van der Waals surface area contributed by atoms with Gasteiger partial charge in [0.25, 0.3) is 0 Å². The molecular weight excluding hydrogens is 152 g/mol. The maximum atomic E-state index is 3.50. The SMILES string of the molecule is CC[C@H](C)[C@H](C)Br. The highest BCUT2D eigenvalue weighted by Crippen LogP contribution is 2.13. The number of alkyl halides is 1. The van der Waals surface area contributed by atoms with Gasteiger partial charge in [0.1, 0.15) is 0 Å². The van der Waals surface area contributed by atoms with Gasteiger partial charge in [0.2, 0.25) is 0 Å². The highest BCUT2D eigenvalue weighted by molar-refractivity contribution is 9.09. The van der Waals surface area contributed by atoms with Gasteiger partial charge in [-0.25, -0.2) is 0 Å². The summed E-state index contributed by atoms with van der Waals surface area (Å²) in [6, 6.07) is 0. The zero-order chi connectivity index (χ0) is 5.86. The Morgan fingerprint density at radius 1 is 1.43 bits per heavy atom. The molecule has 1 heteroatoms. The van der Waals surface area contributed by atoms with Crippen molar-refractivity contribution in [3.63, 3.8) is 0 Å². The molecule has 0 rings (SSSR count). The molecule has 0 bridgehead atoms. The molecule has 0 aliphatic rings. The number of halogens is 1. The van der Waals surface area contributed by atoms with Crippen LogP contribution in [-0.2, 0) is 0 Å². The molecule has 0 fully saturated rings. The minimum Gasteiger partial charge on any atom is -0.0891 e. The van der Waals surface area contributed by atoms with Crippen LogP contribution in [0.3, 0.4) is 0 Å². The highest BCUT2D eigenvalue weighted by Gasteiger charge is 2.03. The molecule has 0 radical (unpaired) electrons. The minimum absolute atomic E-state index is 0.678. The first-order valence-corrected chi connectivity index (χ1v) is 3.74. The van der Waals surface area contributed by atoms with Gasteiger partial charge in [0, 0.05) is 4.83 Å². The standard InChI is InChI=1S/C6H13Br/c1-4-5(2)6(3)7/h5-6H,4H2,1-3H3/t5-,6-/m0/s1. The average molecular weight is 165 g/mol. The summed E-state index contributed by atoms with van der Waals surface area (Å²) in [5, 5.41) is 0. The second-order valence-electron chi connectivity index (χ2n) is 2.06. The summed E-state index contributed by atoms with van der Waals surface area (Å²) in [4.78, 5) is 0.678. The maximum absolute atomic E-state index is 3.50. The molecule has 0 unspecified atom stereocenters. The van der Waals surface area contributed by atoms with Gasteiger partial charge in [-0.1, -0.05) is 43.1 Å². The van der Waals surface area contributed by atoms with Crippen molar-refractivity contribution >= 4 is 15.9 Å². The lowest BCUT2D eigenvalue weighted by molar-refractivity contribution is 0.564. The summed E-state index contributed by atoms with van der Waals surface area (Å²) in [5.41, 5.74) is 0. The maximum Gasteiger partial charge on any atom is 0.0143 e. The summed E-state index contributed by atoms with van der Waals surface area (Å²) in [7, 11) is 0. The van der Waals surface area contributed by atoms with E-state index in [9.17, 15) is 0 Å². The number of hydrogen-bond donors (Lipinski definition) is 0. The van der Waals surface area contributed by atoms with E-state index in [1.54, 1.807) is 0 Å². The van der Waals surface area contributed by atoms with E-state index in [0.717, 1.165) is 5.92 Å². The van der Waals surface area contributed by atoms with Crippen molar-refractivity contribution in [2.75, 3.05) is 0 Å². The van der Waals surface area contributed by atoms with Crippen LogP contribution in [0.4, 0.5) is 0 Å². The Morgan fingerprint density at radius 2 is 1.86 bits per heavy atom. The third-order valence-corrected chi connectivity index (χ3v) is 2.33. The van der Waals surface area contributed by atoms with Crippen LogP contribution in [0, 0.1) is 5.92 Å². The first-order chi connectivity index (χ1) is 3.18. The number of rotatable bonds is 2. The van der Waals surface area contributed by atoms with E-state index in [4.69, 9.17) is 0 Å². The molecule has 0 heterocycles. The van der Waals surface area contributed by atoms with Crippen LogP contribution in [0.15, 0.2) is 0 Å². The van der Waals surface area contributed by atoms with E-state index in [1.165, 1.54) is 6.42 Å². The van der Waals surface area contributed by atoms with E-state index >= 15 is 0 Å². The van der Waals surface area contributed by atoms with Gasteiger partial charge in [0.05, 0.1) is 0 Å². The molecule has 44 valence electrons. The Labute approximate surface area is 54.4 Å². The fourth-order valence-corrected chi connectivity index (χ4v) is 0.699. The zero-order valence-corrected chi connectivity index (χ0v) is 6.83. The monoisotopic (exact) mass is 164 g/mol. The Bertz CT molecular complexity index is 41.4. The van der Waals surface area contributed by atoms with Crippen molar-refractivity contribution in [1.82, 2.24) is 0 Å². The molecule has 0 spiro atoms. The number of hydrogen-bond acceptors (Lipinski definition) is 0. The zero-order valence-electron chi connectivity index (χ0n) is 5.24. The second-order valence-corrected chi connectivity index (χ2v) is 3.51. The first-order valence-electron chi connectivity index (χ1n) is 2.82. The van der Waals surface area contributed by atoms with Gasteiger partial charge in [-0.3, -0.25) is 0 Å². The third kappa shape index (κ3) is 3.10. The molecule has 0 aliphatic carbocycles. The van der Waals surface area contributed by atoms with Crippen molar-refractivity contribution in [2.24, 2.45) is 5.92 Å². The fourth-order valence-electron chi connectivity index (χ4n) is 0.325. The Hall–Kier alpha value is 0.480. The lowest BCUT2D eigenvalue weighted by Crippen LogP contribution is -2.03. The fraction of sp³-hybridized carbons (Fsp3) is 1.00. The molecule has 0 N–H and O–H groups in total. The van der Waals surface area contributed by atoms with Crippen LogP contribution >= 0.6 is 15.9 Å². The van der Waals surface area contributed by atoms with Crippen LogP contribution in [0.2, 0.25) is 0 Å². The van der Waals surface area contributed by atoms with Crippen LogP contribution < -0.4 is 0 Å². The van der Waals surface area contributed by atoms with E-state index in [2.05, 4.69) is 36.7 Å².